The molecule has 0 amide bonds. The Morgan fingerprint density at radius 2 is 1.95 bits per heavy atom. The normalized spacial score (nSPS) is 11.2. The molecular formula is C11H13F3N2O4. The quantitative estimate of drug-likeness (QED) is 0.493. The third-order valence-electron chi connectivity index (χ3n) is 2.32. The van der Waals surface area contributed by atoms with Gasteiger partial charge in [-0.2, -0.15) is 13.2 Å². The third-order valence-corrected chi connectivity index (χ3v) is 2.32. The zero-order valence-corrected chi connectivity index (χ0v) is 10.4. The summed E-state index contributed by atoms with van der Waals surface area (Å²) >= 11 is 0. The van der Waals surface area contributed by atoms with Crippen LogP contribution in [-0.4, -0.2) is 28.1 Å². The summed E-state index contributed by atoms with van der Waals surface area (Å²) in [5, 5.41) is 0. The number of H-pyrrole nitrogens is 1. The number of carbonyl (C=O) groups excluding carboxylic acids is 2. The van der Waals surface area contributed by atoms with Crippen LogP contribution in [0, 0.1) is 0 Å². The van der Waals surface area contributed by atoms with Gasteiger partial charge in [0, 0.05) is 11.9 Å². The highest BCUT2D eigenvalue weighted by Gasteiger charge is 2.43. The highest BCUT2D eigenvalue weighted by Crippen LogP contribution is 2.16. The molecule has 0 radical (unpaired) electrons. The molecule has 1 heterocycles. The number of halogens is 3. The maximum Gasteiger partial charge on any atom is 0.495 e. The van der Waals surface area contributed by atoms with Crippen LogP contribution in [0.4, 0.5) is 13.2 Å². The van der Waals surface area contributed by atoms with E-state index in [1.54, 1.807) is 12.5 Å². The second-order valence-corrected chi connectivity index (χ2v) is 3.96. The molecule has 112 valence electrons. The smallest absolute Gasteiger partial charge is 0.348 e. The first-order valence-electron chi connectivity index (χ1n) is 5.85. The van der Waals surface area contributed by atoms with E-state index in [-0.39, 0.29) is 6.42 Å². The number of hydrogen-bond donors (Lipinski definition) is 1. The lowest BCUT2D eigenvalue weighted by Gasteiger charge is -2.05. The first-order valence-corrected chi connectivity index (χ1v) is 5.85. The second kappa shape index (κ2) is 7.51. The Morgan fingerprint density at radius 3 is 2.55 bits per heavy atom. The predicted octanol–water partition coefficient (Wildman–Crippen LogP) is 2.08. The first-order chi connectivity index (χ1) is 9.39. The van der Waals surface area contributed by atoms with Crippen molar-refractivity contribution in [3.05, 3.63) is 18.2 Å². The van der Waals surface area contributed by atoms with Crippen LogP contribution in [-0.2, 0) is 25.8 Å². The average molecular weight is 294 g/mol. The van der Waals surface area contributed by atoms with Gasteiger partial charge in [0.1, 0.15) is 0 Å². The van der Waals surface area contributed by atoms with Gasteiger partial charge in [0.25, 0.3) is 0 Å². The monoisotopic (exact) mass is 294 g/mol. The maximum atomic E-state index is 11.7. The minimum atomic E-state index is -5.18. The van der Waals surface area contributed by atoms with Gasteiger partial charge in [-0.25, -0.2) is 24.3 Å². The molecule has 0 saturated heterocycles. The number of nitrogens with zero attached hydrogens (tertiary/aromatic N) is 1. The van der Waals surface area contributed by atoms with Crippen LogP contribution >= 0.6 is 0 Å². The lowest BCUT2D eigenvalue weighted by atomic mass is 10.1. The largest absolute Gasteiger partial charge is 0.495 e. The number of aryl methyl sites for hydroxylation is 1. The summed E-state index contributed by atoms with van der Waals surface area (Å²) in [4.78, 5) is 35.1. The number of alkyl halides is 3. The molecule has 0 fully saturated rings. The van der Waals surface area contributed by atoms with Crippen molar-refractivity contribution < 1.29 is 32.5 Å². The Kier molecular flexibility index (Phi) is 6.01. The van der Waals surface area contributed by atoms with Crippen molar-refractivity contribution in [2.75, 3.05) is 0 Å². The molecule has 0 aliphatic carbocycles. The van der Waals surface area contributed by atoms with Crippen LogP contribution < -0.4 is 0 Å². The Morgan fingerprint density at radius 1 is 1.20 bits per heavy atom. The van der Waals surface area contributed by atoms with E-state index in [0.29, 0.717) is 12.8 Å². The zero-order valence-electron chi connectivity index (χ0n) is 10.4. The molecule has 20 heavy (non-hydrogen) atoms. The van der Waals surface area contributed by atoms with Crippen molar-refractivity contribution in [1.29, 1.82) is 0 Å². The lowest BCUT2D eigenvalue weighted by Crippen LogP contribution is -2.26. The molecule has 1 aromatic rings. The van der Waals surface area contributed by atoms with Gasteiger partial charge in [-0.1, -0.05) is 6.42 Å². The minimum Gasteiger partial charge on any atom is -0.348 e. The fourth-order valence-corrected chi connectivity index (χ4v) is 1.36. The van der Waals surface area contributed by atoms with Crippen LogP contribution in [0.1, 0.15) is 31.4 Å². The number of carbonyl (C=O) groups is 2. The molecule has 0 aliphatic heterocycles. The second-order valence-electron chi connectivity index (χ2n) is 3.96. The van der Waals surface area contributed by atoms with Crippen molar-refractivity contribution in [3.63, 3.8) is 0 Å². The summed E-state index contributed by atoms with van der Waals surface area (Å²) in [6, 6.07) is 0. The summed E-state index contributed by atoms with van der Waals surface area (Å²) < 4.78 is 35.1. The molecule has 0 aliphatic rings. The van der Waals surface area contributed by atoms with E-state index in [9.17, 15) is 22.8 Å². The van der Waals surface area contributed by atoms with Gasteiger partial charge >= 0.3 is 18.1 Å². The fourth-order valence-electron chi connectivity index (χ4n) is 1.36. The van der Waals surface area contributed by atoms with Crippen molar-refractivity contribution >= 4 is 11.9 Å². The molecular weight excluding hydrogens is 281 g/mol. The highest BCUT2D eigenvalue weighted by atomic mass is 19.4. The van der Waals surface area contributed by atoms with Crippen LogP contribution in [0.2, 0.25) is 0 Å². The molecule has 0 atom stereocenters. The van der Waals surface area contributed by atoms with Crippen LogP contribution in [0.3, 0.4) is 0 Å². The molecule has 0 spiro atoms. The van der Waals surface area contributed by atoms with Gasteiger partial charge in [0.05, 0.1) is 12.7 Å². The molecule has 6 nitrogen and oxygen atoms in total. The van der Waals surface area contributed by atoms with Crippen molar-refractivity contribution in [1.82, 2.24) is 9.97 Å². The molecule has 0 bridgehead atoms. The van der Waals surface area contributed by atoms with Gasteiger partial charge < -0.3 is 4.98 Å². The first kappa shape index (κ1) is 16.0. The van der Waals surface area contributed by atoms with E-state index in [1.807, 2.05) is 0 Å². The number of rotatable bonds is 6. The third kappa shape index (κ3) is 6.21. The standard InChI is InChI=1S/C11H13F3N2O4/c12-11(13,14)10(18)20-19-9(17)5-3-1-2-4-8-6-15-7-16-8/h6-7H,1-5H2,(H,15,16). The van der Waals surface area contributed by atoms with E-state index in [2.05, 4.69) is 19.7 Å². The predicted molar refractivity (Wildman–Crippen MR) is 59.0 cm³/mol. The van der Waals surface area contributed by atoms with Crippen molar-refractivity contribution in [2.45, 2.75) is 38.3 Å². The molecule has 1 N–H and O–H groups in total. The van der Waals surface area contributed by atoms with E-state index >= 15 is 0 Å². The minimum absolute atomic E-state index is 0.117. The lowest BCUT2D eigenvalue weighted by molar-refractivity contribution is -0.285. The number of unbranched alkanes of at least 4 members (excludes halogenated alkanes) is 2. The summed E-state index contributed by atoms with van der Waals surface area (Å²) in [7, 11) is 0. The Bertz CT molecular complexity index is 431. The average Bonchev–Trinajstić information content (AvgIpc) is 2.87. The molecule has 9 heteroatoms. The maximum absolute atomic E-state index is 11.7. The van der Waals surface area contributed by atoms with Crippen molar-refractivity contribution in [2.24, 2.45) is 0 Å². The summed E-state index contributed by atoms with van der Waals surface area (Å²) in [6.45, 7) is 0. The molecule has 0 unspecified atom stereocenters. The SMILES string of the molecule is O=C(CCCCCc1cnc[nH]1)OOC(=O)C(F)(F)F. The van der Waals surface area contributed by atoms with Crippen molar-refractivity contribution in [3.8, 4) is 0 Å². The van der Waals surface area contributed by atoms with Gasteiger partial charge in [-0.3, -0.25) is 0 Å². The van der Waals surface area contributed by atoms with Crippen LogP contribution in [0.25, 0.3) is 0 Å². The summed E-state index contributed by atoms with van der Waals surface area (Å²) in [5.74, 6) is -3.56. The molecule has 0 saturated carbocycles. The van der Waals surface area contributed by atoms with Gasteiger partial charge in [0.2, 0.25) is 0 Å². The topological polar surface area (TPSA) is 81.3 Å². The van der Waals surface area contributed by atoms with Crippen LogP contribution in [0.15, 0.2) is 12.5 Å². The molecule has 1 rings (SSSR count). The van der Waals surface area contributed by atoms with Crippen LogP contribution in [0.5, 0.6) is 0 Å². The summed E-state index contributed by atoms with van der Waals surface area (Å²) in [5.41, 5.74) is 0.965. The van der Waals surface area contributed by atoms with Gasteiger partial charge in [-0.15, -0.1) is 0 Å². The van der Waals surface area contributed by atoms with Gasteiger partial charge in [0.15, 0.2) is 0 Å². The Balaban J connectivity index is 2.04. The number of aromatic nitrogens is 2. The number of nitrogens with one attached hydrogen (secondary N) is 1. The van der Waals surface area contributed by atoms with E-state index in [4.69, 9.17) is 0 Å². The Hall–Kier alpha value is -2.06. The van der Waals surface area contributed by atoms with Gasteiger partial charge in [-0.05, 0) is 19.3 Å². The van der Waals surface area contributed by atoms with E-state index in [1.165, 1.54) is 0 Å². The highest BCUT2D eigenvalue weighted by molar-refractivity contribution is 5.76. The fraction of sp³-hybridized carbons (Fsp3) is 0.545. The number of aromatic amines is 1. The Labute approximate surface area is 112 Å². The van der Waals surface area contributed by atoms with E-state index < -0.39 is 18.1 Å². The molecule has 0 aromatic carbocycles. The summed E-state index contributed by atoms with van der Waals surface area (Å²) in [6.07, 6.45) is 0.610. The zero-order chi connectivity index (χ0) is 15.0. The molecule has 1 aromatic heterocycles. The number of hydrogen-bond acceptors (Lipinski definition) is 5. The number of imidazole rings is 1. The van der Waals surface area contributed by atoms with E-state index in [0.717, 1.165) is 18.5 Å².